The summed E-state index contributed by atoms with van der Waals surface area (Å²) in [6.07, 6.45) is 1.92. The Morgan fingerprint density at radius 1 is 1.20 bits per heavy atom. The molecule has 0 amide bonds. The SMILES string of the molecule is CC(=O)c1cn(C)c2c(C)ccc(C)c12. The molecule has 15 heavy (non-hydrogen) atoms. The maximum atomic E-state index is 11.5. The first-order valence-corrected chi connectivity index (χ1v) is 5.08. The van der Waals surface area contributed by atoms with Gasteiger partial charge >= 0.3 is 0 Å². The van der Waals surface area contributed by atoms with E-state index in [4.69, 9.17) is 0 Å². The number of benzene rings is 1. The molecule has 1 aromatic carbocycles. The van der Waals surface area contributed by atoms with Crippen LogP contribution in [-0.4, -0.2) is 10.4 Å². The molecular formula is C13H15NO. The van der Waals surface area contributed by atoms with Crippen LogP contribution in [0.15, 0.2) is 18.3 Å². The molecule has 2 aromatic rings. The Labute approximate surface area is 89.5 Å². The molecule has 0 bridgehead atoms. The molecule has 0 spiro atoms. The van der Waals surface area contributed by atoms with Crippen LogP contribution < -0.4 is 0 Å². The van der Waals surface area contributed by atoms with Gasteiger partial charge in [-0.05, 0) is 31.9 Å². The summed E-state index contributed by atoms with van der Waals surface area (Å²) in [4.78, 5) is 11.5. The van der Waals surface area contributed by atoms with Gasteiger partial charge in [-0.3, -0.25) is 4.79 Å². The van der Waals surface area contributed by atoms with Gasteiger partial charge in [0.15, 0.2) is 5.78 Å². The molecule has 0 saturated carbocycles. The van der Waals surface area contributed by atoms with Crippen LogP contribution in [0.4, 0.5) is 0 Å². The molecule has 0 unspecified atom stereocenters. The van der Waals surface area contributed by atoms with Gasteiger partial charge < -0.3 is 4.57 Å². The summed E-state index contributed by atoms with van der Waals surface area (Å²) in [7, 11) is 1.99. The molecule has 0 aliphatic rings. The third-order valence-corrected chi connectivity index (χ3v) is 2.91. The molecule has 2 heteroatoms. The van der Waals surface area contributed by atoms with E-state index in [0.29, 0.717) is 0 Å². The first-order chi connectivity index (χ1) is 7.02. The summed E-state index contributed by atoms with van der Waals surface area (Å²) >= 11 is 0. The number of rotatable bonds is 1. The zero-order chi connectivity index (χ0) is 11.2. The van der Waals surface area contributed by atoms with Crippen molar-refractivity contribution in [3.63, 3.8) is 0 Å². The molecule has 2 rings (SSSR count). The van der Waals surface area contributed by atoms with E-state index in [-0.39, 0.29) is 5.78 Å². The van der Waals surface area contributed by atoms with Crippen molar-refractivity contribution in [1.82, 2.24) is 4.57 Å². The van der Waals surface area contributed by atoms with Crippen molar-refractivity contribution in [2.24, 2.45) is 7.05 Å². The first kappa shape index (κ1) is 9.97. The van der Waals surface area contributed by atoms with Crippen molar-refractivity contribution in [1.29, 1.82) is 0 Å². The Morgan fingerprint density at radius 2 is 1.80 bits per heavy atom. The number of Topliss-reactive ketones (excluding diaryl/α,β-unsaturated/α-hetero) is 1. The molecule has 0 aliphatic carbocycles. The van der Waals surface area contributed by atoms with Crippen LogP contribution in [0.5, 0.6) is 0 Å². The maximum Gasteiger partial charge on any atom is 0.161 e. The summed E-state index contributed by atoms with van der Waals surface area (Å²) in [5.41, 5.74) is 4.38. The zero-order valence-corrected chi connectivity index (χ0v) is 9.59. The Balaban J connectivity index is 2.98. The minimum absolute atomic E-state index is 0.134. The number of carbonyl (C=O) groups is 1. The number of hydrogen-bond acceptors (Lipinski definition) is 1. The molecular weight excluding hydrogens is 186 g/mol. The number of fused-ring (bicyclic) bond motifs is 1. The molecule has 0 N–H and O–H groups in total. The minimum Gasteiger partial charge on any atom is -0.350 e. The second-order valence-corrected chi connectivity index (χ2v) is 4.13. The lowest BCUT2D eigenvalue weighted by Crippen LogP contribution is -1.90. The first-order valence-electron chi connectivity index (χ1n) is 5.08. The number of aromatic nitrogens is 1. The Kier molecular flexibility index (Phi) is 2.14. The predicted molar refractivity (Wildman–Crippen MR) is 62.4 cm³/mol. The lowest BCUT2D eigenvalue weighted by atomic mass is 10.0. The fourth-order valence-corrected chi connectivity index (χ4v) is 2.18. The normalized spacial score (nSPS) is 10.9. The van der Waals surface area contributed by atoms with E-state index in [1.165, 1.54) is 16.6 Å². The van der Waals surface area contributed by atoms with Crippen LogP contribution in [0.3, 0.4) is 0 Å². The molecule has 1 aromatic heterocycles. The highest BCUT2D eigenvalue weighted by Crippen LogP contribution is 2.27. The van der Waals surface area contributed by atoms with Crippen LogP contribution in [0.25, 0.3) is 10.9 Å². The van der Waals surface area contributed by atoms with Gasteiger partial charge in [0, 0.05) is 24.2 Å². The molecule has 0 radical (unpaired) electrons. The van der Waals surface area contributed by atoms with Crippen molar-refractivity contribution in [3.8, 4) is 0 Å². The van der Waals surface area contributed by atoms with Crippen LogP contribution in [0, 0.1) is 13.8 Å². The average Bonchev–Trinajstić information content (AvgIpc) is 2.51. The molecule has 78 valence electrons. The second-order valence-electron chi connectivity index (χ2n) is 4.13. The Hall–Kier alpha value is -1.57. The number of hydrogen-bond donors (Lipinski definition) is 0. The molecule has 0 aliphatic heterocycles. The fraction of sp³-hybridized carbons (Fsp3) is 0.308. The van der Waals surface area contributed by atoms with Gasteiger partial charge in [0.1, 0.15) is 0 Å². The summed E-state index contributed by atoms with van der Waals surface area (Å²) in [6.45, 7) is 5.75. The van der Waals surface area contributed by atoms with E-state index in [2.05, 4.69) is 19.1 Å². The highest BCUT2D eigenvalue weighted by molar-refractivity contribution is 6.08. The third-order valence-electron chi connectivity index (χ3n) is 2.91. The number of carbonyl (C=O) groups excluding carboxylic acids is 1. The van der Waals surface area contributed by atoms with Gasteiger partial charge in [-0.2, -0.15) is 0 Å². The van der Waals surface area contributed by atoms with Crippen LogP contribution in [0.1, 0.15) is 28.4 Å². The van der Waals surface area contributed by atoms with Crippen LogP contribution in [0.2, 0.25) is 0 Å². The average molecular weight is 201 g/mol. The minimum atomic E-state index is 0.134. The van der Waals surface area contributed by atoms with Crippen molar-refractivity contribution < 1.29 is 4.79 Å². The Bertz CT molecular complexity index is 549. The summed E-state index contributed by atoms with van der Waals surface area (Å²) < 4.78 is 2.04. The lowest BCUT2D eigenvalue weighted by Gasteiger charge is -2.03. The highest BCUT2D eigenvalue weighted by Gasteiger charge is 2.13. The van der Waals surface area contributed by atoms with Crippen molar-refractivity contribution in [2.75, 3.05) is 0 Å². The van der Waals surface area contributed by atoms with Crippen molar-refractivity contribution >= 4 is 16.7 Å². The fourth-order valence-electron chi connectivity index (χ4n) is 2.18. The van der Waals surface area contributed by atoms with Crippen molar-refractivity contribution in [3.05, 3.63) is 35.0 Å². The summed E-state index contributed by atoms with van der Waals surface area (Å²) in [5.74, 6) is 0.134. The Morgan fingerprint density at radius 3 is 2.40 bits per heavy atom. The van der Waals surface area contributed by atoms with E-state index in [1.54, 1.807) is 6.92 Å². The quantitative estimate of drug-likeness (QED) is 0.650. The predicted octanol–water partition coefficient (Wildman–Crippen LogP) is 3.00. The van der Waals surface area contributed by atoms with Gasteiger partial charge in [-0.25, -0.2) is 0 Å². The molecule has 1 heterocycles. The standard InChI is InChI=1S/C13H15NO/c1-8-5-6-9(2)13-12(8)11(10(3)15)7-14(13)4/h5-7H,1-4H3. The molecule has 0 saturated heterocycles. The van der Waals surface area contributed by atoms with E-state index in [0.717, 1.165) is 10.9 Å². The van der Waals surface area contributed by atoms with Gasteiger partial charge in [0.2, 0.25) is 0 Å². The van der Waals surface area contributed by atoms with Gasteiger partial charge in [-0.15, -0.1) is 0 Å². The number of ketones is 1. The van der Waals surface area contributed by atoms with E-state index >= 15 is 0 Å². The van der Waals surface area contributed by atoms with Crippen LogP contribution in [-0.2, 0) is 7.05 Å². The zero-order valence-electron chi connectivity index (χ0n) is 9.59. The van der Waals surface area contributed by atoms with E-state index < -0.39 is 0 Å². The van der Waals surface area contributed by atoms with Crippen LogP contribution >= 0.6 is 0 Å². The van der Waals surface area contributed by atoms with Crippen molar-refractivity contribution in [2.45, 2.75) is 20.8 Å². The third kappa shape index (κ3) is 1.37. The smallest absolute Gasteiger partial charge is 0.161 e. The van der Waals surface area contributed by atoms with E-state index in [1.807, 2.05) is 24.7 Å². The highest BCUT2D eigenvalue weighted by atomic mass is 16.1. The van der Waals surface area contributed by atoms with Gasteiger partial charge in [0.25, 0.3) is 0 Å². The van der Waals surface area contributed by atoms with Gasteiger partial charge in [0.05, 0.1) is 5.52 Å². The largest absolute Gasteiger partial charge is 0.350 e. The summed E-state index contributed by atoms with van der Waals surface area (Å²) in [6, 6.07) is 4.17. The monoisotopic (exact) mass is 201 g/mol. The number of aryl methyl sites for hydroxylation is 3. The molecule has 0 fully saturated rings. The lowest BCUT2D eigenvalue weighted by molar-refractivity contribution is 0.101. The second kappa shape index (κ2) is 3.23. The molecule has 2 nitrogen and oxygen atoms in total. The topological polar surface area (TPSA) is 22.0 Å². The van der Waals surface area contributed by atoms with E-state index in [9.17, 15) is 4.79 Å². The number of nitrogens with zero attached hydrogens (tertiary/aromatic N) is 1. The summed E-state index contributed by atoms with van der Waals surface area (Å²) in [5, 5.41) is 1.10. The van der Waals surface area contributed by atoms with Gasteiger partial charge in [-0.1, -0.05) is 12.1 Å². The maximum absolute atomic E-state index is 11.5. The molecule has 0 atom stereocenters.